The number of aliphatic hydroxyl groups excluding tert-OH is 1. The number of ether oxygens (including phenoxy) is 1. The van der Waals surface area contributed by atoms with E-state index in [2.05, 4.69) is 4.52 Å². The molecule has 0 saturated carbocycles. The topological polar surface area (TPSA) is 151 Å². The number of aromatic amines is 1. The predicted molar refractivity (Wildman–Crippen MR) is 63.9 cm³/mol. The summed E-state index contributed by atoms with van der Waals surface area (Å²) in [7, 11) is -4.97. The third kappa shape index (κ3) is 3.66. The highest BCUT2D eigenvalue weighted by Gasteiger charge is 2.49. The molecule has 22 heavy (non-hydrogen) atoms. The van der Waals surface area contributed by atoms with E-state index < -0.39 is 56.1 Å². The lowest BCUT2D eigenvalue weighted by atomic mass is 10.2. The maximum absolute atomic E-state index is 14.2. The summed E-state index contributed by atoms with van der Waals surface area (Å²) in [4.78, 5) is 41.0. The van der Waals surface area contributed by atoms with E-state index in [1.165, 1.54) is 0 Å². The first-order chi connectivity index (χ1) is 10.0. The molecule has 1 saturated heterocycles. The lowest BCUT2D eigenvalue weighted by Crippen LogP contribution is -2.37. The lowest BCUT2D eigenvalue weighted by molar-refractivity contribution is -0.178. The van der Waals surface area contributed by atoms with E-state index in [-0.39, 0.29) is 0 Å². The molecule has 13 heteroatoms. The molecule has 2 heterocycles. The van der Waals surface area contributed by atoms with Crippen LogP contribution >= 0.6 is 7.82 Å². The molecule has 0 spiro atoms. The number of alkyl halides is 1. The minimum atomic E-state index is -4.97. The second-order valence-electron chi connectivity index (χ2n) is 4.57. The molecule has 0 amide bonds. The molecule has 10 nitrogen and oxygen atoms in total. The highest BCUT2D eigenvalue weighted by Crippen LogP contribution is 2.42. The summed E-state index contributed by atoms with van der Waals surface area (Å²) in [6.45, 7) is -1.22. The van der Waals surface area contributed by atoms with Gasteiger partial charge in [-0.2, -0.15) is 4.39 Å². The Balaban J connectivity index is 2.24. The van der Waals surface area contributed by atoms with Gasteiger partial charge in [-0.15, -0.1) is 0 Å². The summed E-state index contributed by atoms with van der Waals surface area (Å²) in [5, 5.41) is 9.70. The smallest absolute Gasteiger partial charge is 0.388 e. The third-order valence-electron chi connectivity index (χ3n) is 2.82. The molecule has 1 aliphatic rings. The number of phosphoric acid groups is 1. The molecule has 0 bridgehead atoms. The minimum absolute atomic E-state index is 0.417. The van der Waals surface area contributed by atoms with Crippen molar-refractivity contribution in [3.05, 3.63) is 32.9 Å². The van der Waals surface area contributed by atoms with E-state index in [0.29, 0.717) is 10.8 Å². The number of nitrogens with zero attached hydrogens (tertiary/aromatic N) is 1. The van der Waals surface area contributed by atoms with Crippen molar-refractivity contribution in [1.29, 1.82) is 0 Å². The quantitative estimate of drug-likeness (QED) is 0.494. The van der Waals surface area contributed by atoms with Gasteiger partial charge in [-0.05, 0) is 0 Å². The Bertz CT molecular complexity index is 729. The van der Waals surface area contributed by atoms with Crippen LogP contribution in [0.5, 0.6) is 0 Å². The van der Waals surface area contributed by atoms with Crippen LogP contribution in [0.25, 0.3) is 0 Å². The first-order valence-electron chi connectivity index (χ1n) is 5.77. The summed E-state index contributed by atoms with van der Waals surface area (Å²) in [6, 6.07) is 0. The second-order valence-corrected chi connectivity index (χ2v) is 5.81. The fourth-order valence-electron chi connectivity index (χ4n) is 1.92. The zero-order chi connectivity index (χ0) is 16.7. The van der Waals surface area contributed by atoms with Crippen molar-refractivity contribution in [3.63, 3.8) is 0 Å². The number of hydrogen-bond donors (Lipinski definition) is 4. The molecule has 0 radical (unpaired) electrons. The van der Waals surface area contributed by atoms with Gasteiger partial charge < -0.3 is 19.6 Å². The summed E-state index contributed by atoms with van der Waals surface area (Å²) in [5.41, 5.74) is -2.46. The van der Waals surface area contributed by atoms with E-state index in [9.17, 15) is 28.0 Å². The standard InChI is InChI=1S/C9H11F2N2O8P/c10-4-2-13(8(16)12-6(4)15)7-5(14)1-9(11,21-7)3-20-22(17,18)19/h2,5,7,14H,1,3H2,(H,12,15,16)(H2,17,18,19)/t5-,7-,9+/m1/s1. The summed E-state index contributed by atoms with van der Waals surface area (Å²) >= 11 is 0. The molecule has 0 unspecified atom stereocenters. The van der Waals surface area contributed by atoms with Gasteiger partial charge in [0.15, 0.2) is 6.23 Å². The normalized spacial score (nSPS) is 29.0. The first kappa shape index (κ1) is 16.9. The van der Waals surface area contributed by atoms with Crippen molar-refractivity contribution >= 4 is 7.82 Å². The van der Waals surface area contributed by atoms with Crippen LogP contribution in [0.15, 0.2) is 15.8 Å². The van der Waals surface area contributed by atoms with Gasteiger partial charge in [-0.25, -0.2) is 13.8 Å². The van der Waals surface area contributed by atoms with Gasteiger partial charge in [0.1, 0.15) is 12.7 Å². The number of nitrogens with one attached hydrogen (secondary N) is 1. The van der Waals surface area contributed by atoms with Crippen molar-refractivity contribution in [3.8, 4) is 0 Å². The van der Waals surface area contributed by atoms with Crippen molar-refractivity contribution in [2.45, 2.75) is 24.6 Å². The maximum Gasteiger partial charge on any atom is 0.469 e. The fourth-order valence-corrected chi connectivity index (χ4v) is 2.28. The predicted octanol–water partition coefficient (Wildman–Crippen LogP) is -1.27. The van der Waals surface area contributed by atoms with E-state index >= 15 is 0 Å². The van der Waals surface area contributed by atoms with Crippen LogP contribution in [-0.2, 0) is 13.8 Å². The average Bonchev–Trinajstić information content (AvgIpc) is 2.67. The molecule has 1 aromatic rings. The highest BCUT2D eigenvalue weighted by molar-refractivity contribution is 7.46. The Kier molecular flexibility index (Phi) is 4.35. The monoisotopic (exact) mass is 344 g/mol. The zero-order valence-corrected chi connectivity index (χ0v) is 11.6. The van der Waals surface area contributed by atoms with Crippen molar-refractivity contribution in [1.82, 2.24) is 9.55 Å². The Morgan fingerprint density at radius 3 is 2.77 bits per heavy atom. The minimum Gasteiger partial charge on any atom is -0.388 e. The van der Waals surface area contributed by atoms with E-state index in [1.54, 1.807) is 4.98 Å². The zero-order valence-electron chi connectivity index (χ0n) is 10.7. The van der Waals surface area contributed by atoms with Crippen molar-refractivity contribution in [2.75, 3.05) is 6.61 Å². The maximum atomic E-state index is 14.2. The molecule has 0 aromatic carbocycles. The lowest BCUT2D eigenvalue weighted by Gasteiger charge is -2.21. The van der Waals surface area contributed by atoms with Gasteiger partial charge in [0.25, 0.3) is 5.56 Å². The highest BCUT2D eigenvalue weighted by atomic mass is 31.2. The number of halogens is 2. The third-order valence-corrected chi connectivity index (χ3v) is 3.29. The van der Waals surface area contributed by atoms with Crippen LogP contribution < -0.4 is 11.2 Å². The van der Waals surface area contributed by atoms with Crippen molar-refractivity contribution in [2.24, 2.45) is 0 Å². The molecule has 1 aromatic heterocycles. The van der Waals surface area contributed by atoms with Crippen LogP contribution in [-0.4, -0.2) is 43.0 Å². The Hall–Kier alpha value is -1.43. The van der Waals surface area contributed by atoms with E-state index in [4.69, 9.17) is 14.5 Å². The van der Waals surface area contributed by atoms with E-state index in [1.807, 2.05) is 0 Å². The number of phosphoric ester groups is 1. The first-order valence-corrected chi connectivity index (χ1v) is 7.30. The van der Waals surface area contributed by atoms with Crippen LogP contribution in [0.1, 0.15) is 12.6 Å². The molecule has 124 valence electrons. The Labute approximate surface area is 120 Å². The Morgan fingerprint density at radius 1 is 1.55 bits per heavy atom. The summed E-state index contributed by atoms with van der Waals surface area (Å²) in [5.74, 6) is -4.17. The fraction of sp³-hybridized carbons (Fsp3) is 0.556. The SMILES string of the molecule is O=c1[nH]c(=O)n([C@@H]2O[C@](F)(COP(=O)(O)O)C[C@H]2O)cc1F. The van der Waals surface area contributed by atoms with Crippen LogP contribution in [0.4, 0.5) is 8.78 Å². The largest absolute Gasteiger partial charge is 0.469 e. The van der Waals surface area contributed by atoms with Gasteiger partial charge in [0.05, 0.1) is 6.20 Å². The molecule has 4 N–H and O–H groups in total. The number of aliphatic hydroxyl groups is 1. The number of aromatic nitrogens is 2. The van der Waals surface area contributed by atoms with Crippen LogP contribution in [0.3, 0.4) is 0 Å². The Morgan fingerprint density at radius 2 is 2.18 bits per heavy atom. The van der Waals surface area contributed by atoms with E-state index in [0.717, 1.165) is 0 Å². The molecule has 1 fully saturated rings. The molecular weight excluding hydrogens is 333 g/mol. The van der Waals surface area contributed by atoms with Gasteiger partial charge in [-0.1, -0.05) is 0 Å². The molecule has 3 atom stereocenters. The number of hydrogen-bond acceptors (Lipinski definition) is 6. The van der Waals surface area contributed by atoms with Gasteiger partial charge in [-0.3, -0.25) is 18.9 Å². The number of H-pyrrole nitrogens is 1. The average molecular weight is 344 g/mol. The van der Waals surface area contributed by atoms with Gasteiger partial charge in [0, 0.05) is 6.42 Å². The number of rotatable bonds is 4. The summed E-state index contributed by atoms with van der Waals surface area (Å²) < 4.78 is 47.0. The van der Waals surface area contributed by atoms with Crippen molar-refractivity contribution < 1.29 is 37.5 Å². The van der Waals surface area contributed by atoms with Crippen LogP contribution in [0.2, 0.25) is 0 Å². The van der Waals surface area contributed by atoms with Gasteiger partial charge in [0.2, 0.25) is 11.7 Å². The molecule has 1 aliphatic heterocycles. The molecular formula is C9H11F2N2O8P. The van der Waals surface area contributed by atoms with Gasteiger partial charge >= 0.3 is 13.5 Å². The molecule has 2 rings (SSSR count). The molecule has 0 aliphatic carbocycles. The second kappa shape index (κ2) is 5.65. The summed E-state index contributed by atoms with van der Waals surface area (Å²) in [6.07, 6.45) is -3.72. The van der Waals surface area contributed by atoms with Crippen LogP contribution in [0, 0.1) is 5.82 Å².